The molecule has 3 fully saturated rings. The highest BCUT2D eigenvalue weighted by molar-refractivity contribution is 6.07. The fraction of sp³-hybridized carbons (Fsp3) is 0.424. The van der Waals surface area contributed by atoms with E-state index in [1.807, 2.05) is 134 Å². The summed E-state index contributed by atoms with van der Waals surface area (Å²) in [6.45, 7) is 21.7. The van der Waals surface area contributed by atoms with Gasteiger partial charge in [-0.2, -0.15) is 13.2 Å². The minimum Gasteiger partial charge on any atom is -0.385 e. The Bertz CT molecular complexity index is 5880. The maximum atomic E-state index is 13.6. The first kappa shape index (κ1) is 90.6. The van der Waals surface area contributed by atoms with E-state index in [2.05, 4.69) is 115 Å². The van der Waals surface area contributed by atoms with Crippen LogP contribution >= 0.6 is 0 Å². The van der Waals surface area contributed by atoms with Crippen molar-refractivity contribution in [2.75, 3.05) is 151 Å². The van der Waals surface area contributed by atoms with Crippen LogP contribution in [0.4, 0.5) is 57.4 Å². The van der Waals surface area contributed by atoms with Crippen LogP contribution in [-0.4, -0.2) is 208 Å². The lowest BCUT2D eigenvalue weighted by molar-refractivity contribution is -0.137. The fourth-order valence-electron chi connectivity index (χ4n) is 18.3. The molecule has 674 valence electrons. The van der Waals surface area contributed by atoms with Crippen LogP contribution in [0.2, 0.25) is 0 Å². The quantitative estimate of drug-likeness (QED) is 0.0189. The number of benzene rings is 8. The van der Waals surface area contributed by atoms with Crippen molar-refractivity contribution in [2.24, 2.45) is 17.8 Å². The Hall–Kier alpha value is -12.2. The zero-order chi connectivity index (χ0) is 90.4. The average Bonchev–Trinajstić information content (AvgIpc) is 1.60. The predicted octanol–water partition coefficient (Wildman–Crippen LogP) is 17.6. The molecule has 128 heavy (non-hydrogen) atoms. The average molecular weight is 1750 g/mol. The second kappa shape index (κ2) is 39.6. The van der Waals surface area contributed by atoms with Gasteiger partial charge in [-0.05, 0) is 256 Å². The van der Waals surface area contributed by atoms with Gasteiger partial charge >= 0.3 is 6.18 Å². The molecule has 1 aliphatic carbocycles. The SMILES string of the molecule is CC(C)[C@H]1C(=O)Nc2ccc(NC3CCCCCC3)cc2-c2nc3cc(C(=O)N4CCCN(C)CC4)ccc3n21.CC(C)[C@H]1C(=O)Nc2ccc(NCCCN(C)C)cc2-c2nc3cc(C(=O)N4CCN(c5ccc(F)cc5)CC4)ccc3n21.CC[C@H](C)C1C(=O)Nc2ccc(NCCCN(C)C)cc2-c2nc3cc(C(=O)NCc4cccc(C(F)(F)F)c4)ccc3n21. The summed E-state index contributed by atoms with van der Waals surface area (Å²) in [5.41, 5.74) is 14.1. The number of aromatic nitrogens is 6. The molecule has 1 unspecified atom stereocenters. The minimum atomic E-state index is -4.46. The van der Waals surface area contributed by atoms with Crippen LogP contribution in [-0.2, 0) is 27.1 Å². The number of rotatable bonds is 22. The zero-order valence-corrected chi connectivity index (χ0v) is 75.1. The summed E-state index contributed by atoms with van der Waals surface area (Å²) in [6, 6.07) is 44.9. The van der Waals surface area contributed by atoms with Gasteiger partial charge in [0.25, 0.3) is 17.7 Å². The van der Waals surface area contributed by atoms with Gasteiger partial charge in [0.05, 0.1) is 55.7 Å². The standard InChI is InChI=1S/C34H40FN7O2.C33H37F3N6O2.C32H42N6O2/c1-22(2)31-33(43)38-28-12-9-25(36-14-5-15-39(3)4)21-27(28)32-37-29-20-23(6-13-30(29)42(31)32)34(44)41-18-16-40(17-19-41)26-10-7-24(35)8-11-26;1-5-20(2)29-32(44)40-26-12-11-24(37-14-7-15-41(3)4)18-25(26)30-39-27-17-22(10-13-28(27)42(29)30)31(43)38-19-21-8-6-9-23(16-21)33(34,35)36;1-21(2)29-31(39)35-26-13-12-24(33-23-9-6-4-5-7-10-23)20-25(26)30-34-27-19-22(11-14-28(27)38(29)30)32(40)37-16-8-15-36(3)17-18-37/h6-13,20-22,31,36H,5,14-19H2,1-4H3,(H,38,43);6,8-13,16-18,20,29,37H,5,7,14-15,19H2,1-4H3,(H,38,43)(H,40,44);11-14,19-21,23,29,33H,4-10,15-18H2,1-3H3,(H,35,39)/t31-;20-,29?;29-/m000/s1. The molecule has 11 aromatic rings. The third-order valence-electron chi connectivity index (χ3n) is 25.4. The molecule has 17 rings (SSSR count). The highest BCUT2D eigenvalue weighted by Crippen LogP contribution is 2.45. The topological polar surface area (TPSA) is 260 Å². The van der Waals surface area contributed by atoms with Crippen molar-refractivity contribution in [2.45, 2.75) is 143 Å². The number of nitrogens with zero attached hydrogens (tertiary/aromatic N) is 12. The normalized spacial score (nSPS) is 17.5. The Labute approximate surface area is 745 Å². The molecule has 6 aliphatic rings. The van der Waals surface area contributed by atoms with Gasteiger partial charge < -0.3 is 80.3 Å². The van der Waals surface area contributed by atoms with Crippen LogP contribution in [0, 0.1) is 23.6 Å². The number of piperazine rings is 1. The first-order valence-corrected chi connectivity index (χ1v) is 45.2. The van der Waals surface area contributed by atoms with E-state index < -0.39 is 35.8 Å². The Kier molecular flexibility index (Phi) is 28.0. The summed E-state index contributed by atoms with van der Waals surface area (Å²) in [5.74, 6) is 1.24. The third-order valence-corrected chi connectivity index (χ3v) is 25.4. The second-order valence-electron chi connectivity index (χ2n) is 36.1. The smallest absolute Gasteiger partial charge is 0.385 e. The molecule has 0 spiro atoms. The van der Waals surface area contributed by atoms with Gasteiger partial charge in [-0.1, -0.05) is 85.8 Å². The molecule has 5 aliphatic heterocycles. The van der Waals surface area contributed by atoms with Gasteiger partial charge in [0.1, 0.15) is 41.4 Å². The summed E-state index contributed by atoms with van der Waals surface area (Å²) in [4.78, 5) is 109. The van der Waals surface area contributed by atoms with Crippen molar-refractivity contribution in [3.8, 4) is 34.2 Å². The van der Waals surface area contributed by atoms with Crippen molar-refractivity contribution in [1.29, 1.82) is 0 Å². The van der Waals surface area contributed by atoms with Gasteiger partial charge in [-0.25, -0.2) is 19.3 Å². The molecular weight excluding hydrogens is 1630 g/mol. The van der Waals surface area contributed by atoms with Gasteiger partial charge in [0, 0.05) is 128 Å². The van der Waals surface area contributed by atoms with Crippen molar-refractivity contribution < 1.29 is 46.3 Å². The molecule has 8 aromatic carbocycles. The number of halogens is 4. The third kappa shape index (κ3) is 20.3. The molecule has 8 heterocycles. The van der Waals surface area contributed by atoms with Crippen LogP contribution in [0.3, 0.4) is 0 Å². The van der Waals surface area contributed by atoms with E-state index in [1.54, 1.807) is 30.3 Å². The van der Waals surface area contributed by atoms with E-state index in [0.717, 1.165) is 163 Å². The Balaban J connectivity index is 0.000000148. The maximum Gasteiger partial charge on any atom is 0.416 e. The number of hydrogen-bond donors (Lipinski definition) is 7. The number of carbonyl (C=O) groups excluding carboxylic acids is 6. The highest BCUT2D eigenvalue weighted by atomic mass is 19.4. The van der Waals surface area contributed by atoms with Crippen LogP contribution in [0.25, 0.3) is 67.3 Å². The molecule has 0 radical (unpaired) electrons. The monoisotopic (exact) mass is 1750 g/mol. The molecule has 6 amide bonds. The number of carbonyl (C=O) groups is 6. The van der Waals surface area contributed by atoms with Crippen molar-refractivity contribution >= 4 is 108 Å². The van der Waals surface area contributed by atoms with Crippen LogP contribution in [0.5, 0.6) is 0 Å². The molecule has 29 heteroatoms. The van der Waals surface area contributed by atoms with Gasteiger partial charge in [-0.15, -0.1) is 0 Å². The van der Waals surface area contributed by atoms with Crippen molar-refractivity contribution in [1.82, 2.24) is 58.5 Å². The number of amides is 6. The van der Waals surface area contributed by atoms with Gasteiger partial charge in [-0.3, -0.25) is 28.8 Å². The van der Waals surface area contributed by atoms with E-state index in [1.165, 1.54) is 62.8 Å². The highest BCUT2D eigenvalue weighted by Gasteiger charge is 2.39. The van der Waals surface area contributed by atoms with E-state index in [0.29, 0.717) is 88.4 Å². The molecule has 4 atom stereocenters. The summed E-state index contributed by atoms with van der Waals surface area (Å²) in [6.07, 6.45) is 6.78. The van der Waals surface area contributed by atoms with E-state index in [9.17, 15) is 46.3 Å². The summed E-state index contributed by atoms with van der Waals surface area (Å²) >= 11 is 0. The van der Waals surface area contributed by atoms with Crippen molar-refractivity contribution in [3.05, 3.63) is 191 Å². The molecule has 3 aromatic heterocycles. The molecule has 7 N–H and O–H groups in total. The predicted molar refractivity (Wildman–Crippen MR) is 501 cm³/mol. The first-order valence-electron chi connectivity index (χ1n) is 45.2. The fourth-order valence-corrected chi connectivity index (χ4v) is 18.3. The van der Waals surface area contributed by atoms with Crippen LogP contribution < -0.4 is 42.1 Å². The minimum absolute atomic E-state index is 0.000437. The number of anilines is 7. The molecule has 0 bridgehead atoms. The van der Waals surface area contributed by atoms with Gasteiger partial charge in [0.15, 0.2) is 0 Å². The van der Waals surface area contributed by atoms with E-state index >= 15 is 0 Å². The second-order valence-corrected chi connectivity index (χ2v) is 36.1. The number of imidazole rings is 3. The Morgan fingerprint density at radius 2 is 0.953 bits per heavy atom. The number of likely N-dealkylation sites (N-methyl/N-ethyl adjacent to an activating group) is 1. The molecule has 25 nitrogen and oxygen atoms in total. The van der Waals surface area contributed by atoms with Gasteiger partial charge in [0.2, 0.25) is 17.7 Å². The summed E-state index contributed by atoms with van der Waals surface area (Å²) < 4.78 is 58.8. The molecule has 2 saturated heterocycles. The summed E-state index contributed by atoms with van der Waals surface area (Å²) in [5, 5.41) is 22.9. The lowest BCUT2D eigenvalue weighted by atomic mass is 9.97. The Morgan fingerprint density at radius 3 is 1.44 bits per heavy atom. The van der Waals surface area contributed by atoms with E-state index in [4.69, 9.17) is 15.0 Å². The largest absolute Gasteiger partial charge is 0.416 e. The zero-order valence-electron chi connectivity index (χ0n) is 75.1. The number of nitrogens with one attached hydrogen (secondary N) is 7. The Morgan fingerprint density at radius 1 is 0.500 bits per heavy atom. The van der Waals surface area contributed by atoms with Crippen LogP contribution in [0.1, 0.15) is 166 Å². The molecule has 1 saturated carbocycles. The lowest BCUT2D eigenvalue weighted by Crippen LogP contribution is -2.48. The molecular formula is C99H119F4N19O6. The summed E-state index contributed by atoms with van der Waals surface area (Å²) in [7, 11) is 10.3. The first-order chi connectivity index (χ1) is 61.5. The van der Waals surface area contributed by atoms with Crippen molar-refractivity contribution in [3.63, 3.8) is 0 Å². The van der Waals surface area contributed by atoms with E-state index in [-0.39, 0.29) is 59.7 Å². The lowest BCUT2D eigenvalue weighted by Gasteiger charge is -2.36. The number of fused-ring (bicyclic) bond motifs is 15. The number of alkyl halides is 3. The maximum absolute atomic E-state index is 13.6. The number of hydrogen-bond acceptors (Lipinski definition) is 16. The van der Waals surface area contributed by atoms with Crippen LogP contribution in [0.15, 0.2) is 158 Å².